The fourth-order valence-corrected chi connectivity index (χ4v) is 2.11. The van der Waals surface area contributed by atoms with Crippen LogP contribution in [0.3, 0.4) is 0 Å². The predicted octanol–water partition coefficient (Wildman–Crippen LogP) is 0.614. The van der Waals surface area contributed by atoms with E-state index in [1.165, 1.54) is 0 Å². The lowest BCUT2D eigenvalue weighted by Gasteiger charge is -2.27. The molecular formula is C13H24N6. The predicted molar refractivity (Wildman–Crippen MR) is 78.6 cm³/mol. The Morgan fingerprint density at radius 2 is 2.00 bits per heavy atom. The van der Waals surface area contributed by atoms with Gasteiger partial charge in [-0.2, -0.15) is 0 Å². The quantitative estimate of drug-likeness (QED) is 0.700. The van der Waals surface area contributed by atoms with Crippen molar-refractivity contribution < 1.29 is 0 Å². The molecule has 6 heteroatoms. The molecule has 0 unspecified atom stereocenters. The van der Waals surface area contributed by atoms with Gasteiger partial charge in [0, 0.05) is 51.4 Å². The van der Waals surface area contributed by atoms with E-state index in [1.54, 1.807) is 6.33 Å². The second-order valence-corrected chi connectivity index (χ2v) is 5.11. The van der Waals surface area contributed by atoms with Crippen LogP contribution in [0.25, 0.3) is 0 Å². The van der Waals surface area contributed by atoms with Gasteiger partial charge in [-0.15, -0.1) is 0 Å². The van der Waals surface area contributed by atoms with Gasteiger partial charge in [0.2, 0.25) is 0 Å². The number of hydrogen-bond acceptors (Lipinski definition) is 6. The molecule has 1 aromatic heterocycles. The minimum Gasteiger partial charge on any atom is -0.369 e. The highest BCUT2D eigenvalue weighted by Gasteiger charge is 2.08. The van der Waals surface area contributed by atoms with Crippen molar-refractivity contribution in [2.75, 3.05) is 49.9 Å². The summed E-state index contributed by atoms with van der Waals surface area (Å²) in [6, 6.07) is 2.33. The van der Waals surface area contributed by atoms with Crippen molar-refractivity contribution in [3.63, 3.8) is 0 Å². The molecule has 1 saturated heterocycles. The molecule has 0 saturated carbocycles. The van der Waals surface area contributed by atoms with Crippen LogP contribution in [0.15, 0.2) is 12.4 Å². The number of anilines is 2. The third-order valence-electron chi connectivity index (χ3n) is 3.05. The zero-order chi connectivity index (χ0) is 13.5. The second-order valence-electron chi connectivity index (χ2n) is 5.11. The fraction of sp³-hybridized carbons (Fsp3) is 0.692. The van der Waals surface area contributed by atoms with Crippen molar-refractivity contribution in [2.24, 2.45) is 0 Å². The molecule has 106 valence electrons. The Labute approximate surface area is 115 Å². The largest absolute Gasteiger partial charge is 0.369 e. The molecule has 0 radical (unpaired) electrons. The fourth-order valence-electron chi connectivity index (χ4n) is 2.11. The minimum absolute atomic E-state index is 0.378. The van der Waals surface area contributed by atoms with Gasteiger partial charge in [0.25, 0.3) is 0 Å². The number of aromatic nitrogens is 2. The highest BCUT2D eigenvalue weighted by molar-refractivity contribution is 5.46. The summed E-state index contributed by atoms with van der Waals surface area (Å²) in [7, 11) is 0. The van der Waals surface area contributed by atoms with E-state index in [9.17, 15) is 0 Å². The molecule has 1 aliphatic rings. The van der Waals surface area contributed by atoms with Gasteiger partial charge in [-0.1, -0.05) is 0 Å². The van der Waals surface area contributed by atoms with Gasteiger partial charge in [-0.3, -0.25) is 4.90 Å². The maximum absolute atomic E-state index is 4.24. The summed E-state index contributed by atoms with van der Waals surface area (Å²) in [4.78, 5) is 10.9. The van der Waals surface area contributed by atoms with E-state index in [2.05, 4.69) is 44.7 Å². The molecule has 1 aliphatic heterocycles. The van der Waals surface area contributed by atoms with Gasteiger partial charge in [-0.25, -0.2) is 9.97 Å². The van der Waals surface area contributed by atoms with E-state index in [0.29, 0.717) is 6.04 Å². The van der Waals surface area contributed by atoms with Crippen LogP contribution < -0.4 is 16.0 Å². The Morgan fingerprint density at radius 3 is 2.74 bits per heavy atom. The third kappa shape index (κ3) is 5.00. The summed E-state index contributed by atoms with van der Waals surface area (Å²) < 4.78 is 0. The summed E-state index contributed by atoms with van der Waals surface area (Å²) in [6.45, 7) is 10.6. The first-order chi connectivity index (χ1) is 9.24. The number of nitrogens with zero attached hydrogens (tertiary/aromatic N) is 3. The number of nitrogens with one attached hydrogen (secondary N) is 3. The second kappa shape index (κ2) is 7.25. The van der Waals surface area contributed by atoms with Crippen molar-refractivity contribution in [3.8, 4) is 0 Å². The summed E-state index contributed by atoms with van der Waals surface area (Å²) in [6.07, 6.45) is 1.60. The smallest absolute Gasteiger partial charge is 0.131 e. The van der Waals surface area contributed by atoms with E-state index in [4.69, 9.17) is 0 Å². The van der Waals surface area contributed by atoms with Crippen LogP contribution in [0.5, 0.6) is 0 Å². The van der Waals surface area contributed by atoms with Crippen molar-refractivity contribution in [1.29, 1.82) is 0 Å². The topological polar surface area (TPSA) is 65.1 Å². The number of hydrogen-bond donors (Lipinski definition) is 3. The highest BCUT2D eigenvalue weighted by Crippen LogP contribution is 2.09. The van der Waals surface area contributed by atoms with E-state index in [1.807, 2.05) is 6.07 Å². The summed E-state index contributed by atoms with van der Waals surface area (Å²) >= 11 is 0. The van der Waals surface area contributed by atoms with Crippen molar-refractivity contribution >= 4 is 11.6 Å². The van der Waals surface area contributed by atoms with Crippen molar-refractivity contribution in [1.82, 2.24) is 20.2 Å². The van der Waals surface area contributed by atoms with Crippen LogP contribution in [0.4, 0.5) is 11.6 Å². The van der Waals surface area contributed by atoms with Gasteiger partial charge < -0.3 is 16.0 Å². The van der Waals surface area contributed by atoms with Crippen LogP contribution in [-0.4, -0.2) is 60.2 Å². The molecule has 2 heterocycles. The van der Waals surface area contributed by atoms with Crippen LogP contribution >= 0.6 is 0 Å². The van der Waals surface area contributed by atoms with Gasteiger partial charge >= 0.3 is 0 Å². The monoisotopic (exact) mass is 264 g/mol. The molecule has 0 aliphatic carbocycles. The maximum atomic E-state index is 4.24. The zero-order valence-electron chi connectivity index (χ0n) is 11.8. The molecule has 0 aromatic carbocycles. The number of rotatable bonds is 6. The van der Waals surface area contributed by atoms with Crippen LogP contribution in [0, 0.1) is 0 Å². The molecule has 1 aromatic rings. The molecule has 0 amide bonds. The molecule has 19 heavy (non-hydrogen) atoms. The Hall–Kier alpha value is -1.40. The first-order valence-corrected chi connectivity index (χ1v) is 6.99. The highest BCUT2D eigenvalue weighted by atomic mass is 15.2. The van der Waals surface area contributed by atoms with E-state index in [0.717, 1.165) is 50.9 Å². The molecule has 0 atom stereocenters. The molecular weight excluding hydrogens is 240 g/mol. The molecule has 0 spiro atoms. The van der Waals surface area contributed by atoms with Gasteiger partial charge in [0.05, 0.1) is 0 Å². The summed E-state index contributed by atoms with van der Waals surface area (Å²) in [5.41, 5.74) is 0. The molecule has 0 bridgehead atoms. The van der Waals surface area contributed by atoms with Crippen LogP contribution in [0.1, 0.15) is 13.8 Å². The Morgan fingerprint density at radius 1 is 1.26 bits per heavy atom. The third-order valence-corrected chi connectivity index (χ3v) is 3.05. The van der Waals surface area contributed by atoms with Gasteiger partial charge in [0.15, 0.2) is 0 Å². The van der Waals surface area contributed by atoms with Crippen molar-refractivity contribution in [2.45, 2.75) is 19.9 Å². The zero-order valence-corrected chi connectivity index (χ0v) is 11.8. The van der Waals surface area contributed by atoms with Crippen LogP contribution in [-0.2, 0) is 0 Å². The Bertz CT molecular complexity index is 375. The first kappa shape index (κ1) is 14.0. The van der Waals surface area contributed by atoms with E-state index in [-0.39, 0.29) is 0 Å². The maximum Gasteiger partial charge on any atom is 0.131 e. The Balaban J connectivity index is 1.75. The van der Waals surface area contributed by atoms with Gasteiger partial charge in [-0.05, 0) is 13.8 Å². The molecule has 2 rings (SSSR count). The average molecular weight is 264 g/mol. The van der Waals surface area contributed by atoms with Crippen molar-refractivity contribution in [3.05, 3.63) is 12.4 Å². The molecule has 3 N–H and O–H groups in total. The lowest BCUT2D eigenvalue weighted by molar-refractivity contribution is 0.249. The van der Waals surface area contributed by atoms with E-state index >= 15 is 0 Å². The minimum atomic E-state index is 0.378. The average Bonchev–Trinajstić information content (AvgIpc) is 2.40. The Kier molecular flexibility index (Phi) is 5.35. The molecule has 1 fully saturated rings. The standard InChI is InChI=1S/C13H24N6/c1-11(2)18-13-9-12(16-10-17-13)15-5-8-19-6-3-14-4-7-19/h9-11,14H,3-8H2,1-2H3,(H2,15,16,17,18). The van der Waals surface area contributed by atoms with Gasteiger partial charge in [0.1, 0.15) is 18.0 Å². The summed E-state index contributed by atoms with van der Waals surface area (Å²) in [5, 5.41) is 9.99. The lowest BCUT2D eigenvalue weighted by atomic mass is 10.3. The number of piperazine rings is 1. The lowest BCUT2D eigenvalue weighted by Crippen LogP contribution is -2.45. The van der Waals surface area contributed by atoms with Crippen LogP contribution in [0.2, 0.25) is 0 Å². The normalized spacial score (nSPS) is 16.6. The first-order valence-electron chi connectivity index (χ1n) is 6.99. The summed E-state index contributed by atoms with van der Waals surface area (Å²) in [5.74, 6) is 1.75. The molecule has 6 nitrogen and oxygen atoms in total. The van der Waals surface area contributed by atoms with E-state index < -0.39 is 0 Å². The SMILES string of the molecule is CC(C)Nc1cc(NCCN2CCNCC2)ncn1.